The Kier molecular flexibility index (Phi) is 5.16. The number of piperidine rings is 1. The van der Waals surface area contributed by atoms with Gasteiger partial charge in [0.25, 0.3) is 5.56 Å². The summed E-state index contributed by atoms with van der Waals surface area (Å²) in [4.78, 5) is 26.8. The summed E-state index contributed by atoms with van der Waals surface area (Å²) in [6, 6.07) is 6.37. The smallest absolute Gasteiger partial charge is 0.255 e. The van der Waals surface area contributed by atoms with Crippen molar-refractivity contribution in [2.24, 2.45) is 5.92 Å². The third-order valence-corrected chi connectivity index (χ3v) is 6.95. The molecule has 0 unspecified atom stereocenters. The number of thiophene rings is 1. The second-order valence-corrected chi connectivity index (χ2v) is 9.51. The van der Waals surface area contributed by atoms with Crippen LogP contribution in [0.1, 0.15) is 34.9 Å². The Hall–Kier alpha value is -2.51. The average molecular weight is 422 g/mol. The Labute approximate surface area is 180 Å². The number of aromatic nitrogens is 3. The summed E-state index contributed by atoms with van der Waals surface area (Å²) in [6.45, 7) is 6.14. The van der Waals surface area contributed by atoms with E-state index < -0.39 is 0 Å². The first-order chi connectivity index (χ1) is 14.6. The van der Waals surface area contributed by atoms with Crippen molar-refractivity contribution in [3.05, 3.63) is 74.2 Å². The maximum atomic E-state index is 13.3. The summed E-state index contributed by atoms with van der Waals surface area (Å²) in [5.74, 6) is 1.78. The molecule has 5 rings (SSSR count). The second-order valence-electron chi connectivity index (χ2n) is 8.73. The molecule has 0 N–H and O–H groups in total. The molecular weight excluding hydrogens is 394 g/mol. The third-order valence-electron chi connectivity index (χ3n) is 6.22. The van der Waals surface area contributed by atoms with E-state index in [0.29, 0.717) is 18.4 Å². The number of rotatable bonds is 5. The summed E-state index contributed by atoms with van der Waals surface area (Å²) in [7, 11) is 2.08. The van der Waals surface area contributed by atoms with Gasteiger partial charge in [-0.15, -0.1) is 0 Å². The standard InChI is InChI=1S/C23H27N5OS/c1-16-8-24-9-22(25-16)27-11-18-7-20(14-27)21-4-3-19(23(29)28(21)12-18)13-26(2)10-17-5-6-30-15-17/h3-6,8-9,15,18,20H,7,10-14H2,1-2H3/t18-,20+/m0/s1. The normalized spacial score (nSPS) is 20.4. The molecule has 6 nitrogen and oxygen atoms in total. The largest absolute Gasteiger partial charge is 0.354 e. The molecule has 0 aliphatic carbocycles. The molecular formula is C23H27N5OS. The minimum absolute atomic E-state index is 0.183. The van der Waals surface area contributed by atoms with Gasteiger partial charge in [-0.05, 0) is 54.8 Å². The number of anilines is 1. The first-order valence-corrected chi connectivity index (χ1v) is 11.5. The van der Waals surface area contributed by atoms with E-state index in [-0.39, 0.29) is 5.56 Å². The molecule has 7 heteroatoms. The predicted octanol–water partition coefficient (Wildman–Crippen LogP) is 3.26. The highest BCUT2D eigenvalue weighted by molar-refractivity contribution is 7.07. The van der Waals surface area contributed by atoms with Crippen molar-refractivity contribution in [2.45, 2.75) is 38.9 Å². The van der Waals surface area contributed by atoms with Crippen molar-refractivity contribution < 1.29 is 0 Å². The molecule has 0 radical (unpaired) electrons. The second kappa shape index (κ2) is 7.96. The summed E-state index contributed by atoms with van der Waals surface area (Å²) < 4.78 is 2.05. The molecule has 3 aromatic heterocycles. The number of fused-ring (bicyclic) bond motifs is 4. The van der Waals surface area contributed by atoms with Crippen molar-refractivity contribution in [3.8, 4) is 0 Å². The quantitative estimate of drug-likeness (QED) is 0.633. The fourth-order valence-electron chi connectivity index (χ4n) is 4.94. The molecule has 156 valence electrons. The molecule has 2 aliphatic heterocycles. The molecule has 2 bridgehead atoms. The number of aryl methyl sites for hydroxylation is 1. The van der Waals surface area contributed by atoms with Crippen molar-refractivity contribution >= 4 is 17.2 Å². The fraction of sp³-hybridized carbons (Fsp3) is 0.435. The van der Waals surface area contributed by atoms with E-state index in [9.17, 15) is 4.79 Å². The van der Waals surface area contributed by atoms with Crippen LogP contribution in [0.4, 0.5) is 5.82 Å². The molecule has 30 heavy (non-hydrogen) atoms. The number of nitrogens with zero attached hydrogens (tertiary/aromatic N) is 5. The van der Waals surface area contributed by atoms with Crippen LogP contribution >= 0.6 is 11.3 Å². The van der Waals surface area contributed by atoms with E-state index in [4.69, 9.17) is 0 Å². The number of hydrogen-bond acceptors (Lipinski definition) is 6. The van der Waals surface area contributed by atoms with Crippen molar-refractivity contribution in [3.63, 3.8) is 0 Å². The highest BCUT2D eigenvalue weighted by Crippen LogP contribution is 2.36. The molecule has 3 aromatic rings. The molecule has 2 aliphatic rings. The van der Waals surface area contributed by atoms with Gasteiger partial charge in [0, 0.05) is 56.1 Å². The molecule has 1 saturated heterocycles. The lowest BCUT2D eigenvalue weighted by atomic mass is 9.83. The number of pyridine rings is 1. The van der Waals surface area contributed by atoms with Crippen LogP contribution in [-0.4, -0.2) is 39.6 Å². The molecule has 0 spiro atoms. The van der Waals surface area contributed by atoms with Crippen molar-refractivity contribution in [1.82, 2.24) is 19.4 Å². The summed E-state index contributed by atoms with van der Waals surface area (Å²) in [5.41, 5.74) is 4.48. The van der Waals surface area contributed by atoms with Gasteiger partial charge >= 0.3 is 0 Å². The highest BCUT2D eigenvalue weighted by Gasteiger charge is 2.35. The Balaban J connectivity index is 1.36. The van der Waals surface area contributed by atoms with Gasteiger partial charge in [0.1, 0.15) is 5.82 Å². The van der Waals surface area contributed by atoms with Gasteiger partial charge in [0.15, 0.2) is 0 Å². The lowest BCUT2D eigenvalue weighted by Crippen LogP contribution is -2.48. The van der Waals surface area contributed by atoms with Gasteiger partial charge in [-0.3, -0.25) is 14.7 Å². The summed E-state index contributed by atoms with van der Waals surface area (Å²) in [5, 5.41) is 4.27. The van der Waals surface area contributed by atoms with Gasteiger partial charge < -0.3 is 9.47 Å². The first-order valence-electron chi connectivity index (χ1n) is 10.5. The highest BCUT2D eigenvalue weighted by atomic mass is 32.1. The molecule has 0 aromatic carbocycles. The van der Waals surface area contributed by atoms with Crippen LogP contribution in [0.15, 0.2) is 46.1 Å². The van der Waals surface area contributed by atoms with Gasteiger partial charge in [0.2, 0.25) is 0 Å². The third kappa shape index (κ3) is 3.79. The molecule has 5 heterocycles. The van der Waals surface area contributed by atoms with Gasteiger partial charge in [-0.2, -0.15) is 11.3 Å². The summed E-state index contributed by atoms with van der Waals surface area (Å²) >= 11 is 1.71. The minimum atomic E-state index is 0.183. The van der Waals surface area contributed by atoms with E-state index in [1.54, 1.807) is 17.5 Å². The monoisotopic (exact) mass is 421 g/mol. The Morgan fingerprint density at radius 2 is 2.07 bits per heavy atom. The van der Waals surface area contributed by atoms with Crippen LogP contribution in [0.25, 0.3) is 0 Å². The van der Waals surface area contributed by atoms with E-state index in [1.807, 2.05) is 23.8 Å². The van der Waals surface area contributed by atoms with Crippen molar-refractivity contribution in [1.29, 1.82) is 0 Å². The zero-order valence-corrected chi connectivity index (χ0v) is 18.3. The zero-order valence-electron chi connectivity index (χ0n) is 17.5. The Bertz CT molecular complexity index is 1090. The zero-order chi connectivity index (χ0) is 20.7. The van der Waals surface area contributed by atoms with Crippen LogP contribution in [0.5, 0.6) is 0 Å². The first kappa shape index (κ1) is 19.5. The Morgan fingerprint density at radius 3 is 2.87 bits per heavy atom. The maximum Gasteiger partial charge on any atom is 0.255 e. The van der Waals surface area contributed by atoms with Gasteiger partial charge in [-0.1, -0.05) is 6.07 Å². The van der Waals surface area contributed by atoms with Crippen LogP contribution < -0.4 is 10.5 Å². The number of hydrogen-bond donors (Lipinski definition) is 0. The van der Waals surface area contributed by atoms with E-state index in [1.165, 1.54) is 11.3 Å². The fourth-order valence-corrected chi connectivity index (χ4v) is 5.60. The molecule has 2 atom stereocenters. The molecule has 0 amide bonds. The van der Waals surface area contributed by atoms with Crippen LogP contribution in [-0.2, 0) is 19.6 Å². The SMILES string of the molecule is Cc1cncc(N2C[C@@H]3C[C@H](C2)c2ccc(CN(C)Cc4ccsc4)c(=O)n2C3)n1. The van der Waals surface area contributed by atoms with E-state index >= 15 is 0 Å². The minimum Gasteiger partial charge on any atom is -0.354 e. The van der Waals surface area contributed by atoms with Crippen molar-refractivity contribution in [2.75, 3.05) is 25.0 Å². The average Bonchev–Trinajstić information content (AvgIpc) is 3.23. The summed E-state index contributed by atoms with van der Waals surface area (Å²) in [6.07, 6.45) is 4.79. The lowest BCUT2D eigenvalue weighted by molar-refractivity contribution is 0.276. The molecule has 1 fully saturated rings. The van der Waals surface area contributed by atoms with Crippen LogP contribution in [0.2, 0.25) is 0 Å². The predicted molar refractivity (Wildman–Crippen MR) is 120 cm³/mol. The topological polar surface area (TPSA) is 54.3 Å². The Morgan fingerprint density at radius 1 is 1.17 bits per heavy atom. The van der Waals surface area contributed by atoms with Gasteiger partial charge in [-0.25, -0.2) is 4.98 Å². The molecule has 0 saturated carbocycles. The lowest BCUT2D eigenvalue weighted by Gasteiger charge is -2.43. The van der Waals surface area contributed by atoms with E-state index in [0.717, 1.165) is 49.7 Å². The maximum absolute atomic E-state index is 13.3. The van der Waals surface area contributed by atoms with Gasteiger partial charge in [0.05, 0.1) is 11.9 Å². The van der Waals surface area contributed by atoms with E-state index in [2.05, 4.69) is 49.7 Å². The van der Waals surface area contributed by atoms with Crippen LogP contribution in [0, 0.1) is 12.8 Å². The van der Waals surface area contributed by atoms with Crippen LogP contribution in [0.3, 0.4) is 0 Å².